The monoisotopic (exact) mass is 504 g/mol. The van der Waals surface area contributed by atoms with E-state index in [-0.39, 0.29) is 12.4 Å². The predicted molar refractivity (Wildman–Crippen MR) is 152 cm³/mol. The highest BCUT2D eigenvalue weighted by Gasteiger charge is 2.24. The smallest absolute Gasteiger partial charge is 0.307 e. The summed E-state index contributed by atoms with van der Waals surface area (Å²) in [4.78, 5) is 23.1. The Hall–Kier alpha value is -2.14. The summed E-state index contributed by atoms with van der Waals surface area (Å²) in [6.45, 7) is 2.73. The van der Waals surface area contributed by atoms with Gasteiger partial charge in [-0.25, -0.2) is 0 Å². The van der Waals surface area contributed by atoms with Gasteiger partial charge in [0.1, 0.15) is 6.54 Å². The maximum absolute atomic E-state index is 12.1. The zero-order chi connectivity index (χ0) is 26.9. The van der Waals surface area contributed by atoms with Crippen LogP contribution in [-0.2, 0) is 14.3 Å². The molecular formula is C31H54NO4+. The van der Waals surface area contributed by atoms with Crippen LogP contribution in [0.25, 0.3) is 0 Å². The lowest BCUT2D eigenvalue weighted by molar-refractivity contribution is -0.873. The molecule has 0 aromatic carbocycles. The molecule has 5 nitrogen and oxygen atoms in total. The first kappa shape index (κ1) is 33.9. The Bertz CT molecular complexity index is 671. The molecular weight excluding hydrogens is 450 g/mol. The van der Waals surface area contributed by atoms with Gasteiger partial charge in [0.05, 0.1) is 27.6 Å². The van der Waals surface area contributed by atoms with Crippen LogP contribution in [0.4, 0.5) is 0 Å². The predicted octanol–water partition coefficient (Wildman–Crippen LogP) is 7.79. The van der Waals surface area contributed by atoms with Crippen molar-refractivity contribution in [3.63, 3.8) is 0 Å². The number of carbonyl (C=O) groups is 2. The van der Waals surface area contributed by atoms with Crippen LogP contribution < -0.4 is 0 Å². The molecule has 0 spiro atoms. The third kappa shape index (κ3) is 26.5. The lowest BCUT2D eigenvalue weighted by Crippen LogP contribution is -2.43. The third-order valence-corrected chi connectivity index (χ3v) is 5.66. The highest BCUT2D eigenvalue weighted by molar-refractivity contribution is 5.71. The molecule has 0 aliphatic rings. The zero-order valence-electron chi connectivity index (χ0n) is 23.6. The van der Waals surface area contributed by atoms with Crippen LogP contribution in [-0.4, -0.2) is 55.3 Å². The number of hydrogen-bond acceptors (Lipinski definition) is 3. The largest absolute Gasteiger partial charge is 0.481 e. The molecule has 0 amide bonds. The number of hydrogen-bond donors (Lipinski definition) is 1. The molecule has 1 N–H and O–H groups in total. The van der Waals surface area contributed by atoms with E-state index in [1.165, 1.54) is 32.1 Å². The standard InChI is InChI=1S/C31H53NO4/c1-5-6-7-8-9-10-11-12-13-14-15-16-17-18-19-20-21-22-23-24-25-26-31(35)36-29(27-30(33)34)28-32(2,3)4/h9-10,12-13,15-16,18-19,29H,5-8,11,14,17,20-28H2,1-4H3/p+1/b10-9-,13-12-,16-15+,19-18+. The number of ether oxygens (including phenoxy) is 1. The number of aliphatic carboxylic acids is 1. The van der Waals surface area contributed by atoms with Crippen molar-refractivity contribution in [1.29, 1.82) is 0 Å². The Labute approximate surface area is 221 Å². The molecule has 36 heavy (non-hydrogen) atoms. The van der Waals surface area contributed by atoms with E-state index in [0.29, 0.717) is 17.4 Å². The minimum atomic E-state index is -0.935. The van der Waals surface area contributed by atoms with E-state index in [0.717, 1.165) is 51.4 Å². The number of allylic oxidation sites excluding steroid dienone is 8. The van der Waals surface area contributed by atoms with Gasteiger partial charge in [-0.3, -0.25) is 9.59 Å². The summed E-state index contributed by atoms with van der Waals surface area (Å²) in [5.74, 6) is -1.22. The SMILES string of the molecule is CCCCC/C=C\C/C=C\C/C=C/C/C=C/CCCCCCCC(=O)OC(CC(=O)O)C[N+](C)(C)C. The Morgan fingerprint density at radius 1 is 0.722 bits per heavy atom. The summed E-state index contributed by atoms with van der Waals surface area (Å²) in [6.07, 6.45) is 32.1. The van der Waals surface area contributed by atoms with Crippen molar-refractivity contribution in [2.45, 2.75) is 109 Å². The van der Waals surface area contributed by atoms with Gasteiger partial charge in [0, 0.05) is 6.42 Å². The normalized spacial score (nSPS) is 13.4. The lowest BCUT2D eigenvalue weighted by atomic mass is 10.1. The molecule has 1 unspecified atom stereocenters. The lowest BCUT2D eigenvalue weighted by Gasteiger charge is -2.28. The zero-order valence-corrected chi connectivity index (χ0v) is 23.6. The Morgan fingerprint density at radius 3 is 1.69 bits per heavy atom. The number of carboxylic acid groups (broad SMARTS) is 1. The van der Waals surface area contributed by atoms with Crippen molar-refractivity contribution in [1.82, 2.24) is 0 Å². The van der Waals surface area contributed by atoms with Gasteiger partial charge in [0.25, 0.3) is 0 Å². The summed E-state index contributed by atoms with van der Waals surface area (Å²) in [6, 6.07) is 0. The highest BCUT2D eigenvalue weighted by Crippen LogP contribution is 2.11. The van der Waals surface area contributed by atoms with Crippen LogP contribution >= 0.6 is 0 Å². The first-order valence-electron chi connectivity index (χ1n) is 14.1. The molecule has 1 atom stereocenters. The number of carbonyl (C=O) groups excluding carboxylic acids is 1. The van der Waals surface area contributed by atoms with Crippen LogP contribution in [0.2, 0.25) is 0 Å². The molecule has 0 heterocycles. The molecule has 206 valence electrons. The van der Waals surface area contributed by atoms with Crippen LogP contribution in [0.3, 0.4) is 0 Å². The van der Waals surface area contributed by atoms with E-state index < -0.39 is 12.1 Å². The van der Waals surface area contributed by atoms with Crippen LogP contribution in [0.1, 0.15) is 103 Å². The van der Waals surface area contributed by atoms with E-state index >= 15 is 0 Å². The second-order valence-electron chi connectivity index (χ2n) is 10.6. The van der Waals surface area contributed by atoms with Gasteiger partial charge in [-0.05, 0) is 51.4 Å². The van der Waals surface area contributed by atoms with Gasteiger partial charge in [-0.15, -0.1) is 0 Å². The van der Waals surface area contributed by atoms with Crippen molar-refractivity contribution < 1.29 is 23.9 Å². The molecule has 0 aromatic rings. The number of quaternary nitrogens is 1. The van der Waals surface area contributed by atoms with Gasteiger partial charge in [0.2, 0.25) is 0 Å². The summed E-state index contributed by atoms with van der Waals surface area (Å²) in [7, 11) is 5.89. The minimum Gasteiger partial charge on any atom is -0.481 e. The molecule has 0 saturated heterocycles. The van der Waals surface area contributed by atoms with Crippen molar-refractivity contribution in [3.05, 3.63) is 48.6 Å². The Kier molecular flexibility index (Phi) is 21.9. The molecule has 0 aliphatic heterocycles. The van der Waals surface area contributed by atoms with Gasteiger partial charge < -0.3 is 14.3 Å². The van der Waals surface area contributed by atoms with E-state index in [1.807, 2.05) is 21.1 Å². The fraction of sp³-hybridized carbons (Fsp3) is 0.677. The van der Waals surface area contributed by atoms with Crippen LogP contribution in [0.5, 0.6) is 0 Å². The summed E-state index contributed by atoms with van der Waals surface area (Å²) < 4.78 is 5.99. The number of unbranched alkanes of at least 4 members (excludes halogenated alkanes) is 8. The molecule has 0 aliphatic carbocycles. The molecule has 0 bridgehead atoms. The summed E-state index contributed by atoms with van der Waals surface area (Å²) >= 11 is 0. The summed E-state index contributed by atoms with van der Waals surface area (Å²) in [5.41, 5.74) is 0. The fourth-order valence-corrected chi connectivity index (χ4v) is 3.82. The van der Waals surface area contributed by atoms with E-state index in [2.05, 4.69) is 55.5 Å². The molecule has 5 heteroatoms. The Balaban J connectivity index is 3.68. The first-order valence-corrected chi connectivity index (χ1v) is 14.1. The number of likely N-dealkylation sites (N-methyl/N-ethyl adjacent to an activating group) is 1. The van der Waals surface area contributed by atoms with Crippen molar-refractivity contribution in [2.24, 2.45) is 0 Å². The molecule has 0 saturated carbocycles. The minimum absolute atomic E-state index is 0.140. The topological polar surface area (TPSA) is 63.6 Å². The second-order valence-corrected chi connectivity index (χ2v) is 10.6. The van der Waals surface area contributed by atoms with Crippen molar-refractivity contribution in [2.75, 3.05) is 27.7 Å². The van der Waals surface area contributed by atoms with Gasteiger partial charge >= 0.3 is 11.9 Å². The number of rotatable bonds is 23. The van der Waals surface area contributed by atoms with Crippen molar-refractivity contribution in [3.8, 4) is 0 Å². The number of esters is 1. The van der Waals surface area contributed by atoms with Crippen LogP contribution in [0, 0.1) is 0 Å². The fourth-order valence-electron chi connectivity index (χ4n) is 3.82. The van der Waals surface area contributed by atoms with Crippen molar-refractivity contribution >= 4 is 11.9 Å². The molecule has 0 fully saturated rings. The van der Waals surface area contributed by atoms with Crippen LogP contribution in [0.15, 0.2) is 48.6 Å². The maximum atomic E-state index is 12.1. The summed E-state index contributed by atoms with van der Waals surface area (Å²) in [5, 5.41) is 9.04. The highest BCUT2D eigenvalue weighted by atomic mass is 16.5. The average Bonchev–Trinajstić information content (AvgIpc) is 2.78. The third-order valence-electron chi connectivity index (χ3n) is 5.66. The van der Waals surface area contributed by atoms with E-state index in [1.54, 1.807) is 0 Å². The number of carboxylic acids is 1. The van der Waals surface area contributed by atoms with Gasteiger partial charge in [-0.1, -0.05) is 87.6 Å². The second kappa shape index (κ2) is 23.3. The van der Waals surface area contributed by atoms with Gasteiger partial charge in [-0.2, -0.15) is 0 Å². The van der Waals surface area contributed by atoms with E-state index in [9.17, 15) is 9.59 Å². The molecule has 0 radical (unpaired) electrons. The quantitative estimate of drug-likeness (QED) is 0.0667. The number of nitrogens with zero attached hydrogens (tertiary/aromatic N) is 1. The maximum Gasteiger partial charge on any atom is 0.307 e. The van der Waals surface area contributed by atoms with E-state index in [4.69, 9.17) is 9.84 Å². The van der Waals surface area contributed by atoms with Gasteiger partial charge in [0.15, 0.2) is 6.10 Å². The molecule has 0 rings (SSSR count). The average molecular weight is 505 g/mol. The molecule has 0 aromatic heterocycles. The first-order chi connectivity index (χ1) is 17.2. The Morgan fingerprint density at radius 2 is 1.19 bits per heavy atom.